The van der Waals surface area contributed by atoms with Crippen molar-refractivity contribution < 1.29 is 23.0 Å². The maximum Gasteiger partial charge on any atom is 0.338 e. The first-order valence-corrected chi connectivity index (χ1v) is 15.7. The number of hydrogen-bond donors (Lipinski definition) is 0. The predicted octanol–water partition coefficient (Wildman–Crippen LogP) is 5.61. The van der Waals surface area contributed by atoms with Crippen molar-refractivity contribution in [3.05, 3.63) is 119 Å². The number of halogens is 2. The normalized spacial score (nSPS) is 14.6. The summed E-state index contributed by atoms with van der Waals surface area (Å²) in [6, 6.07) is 17.3. The highest BCUT2D eigenvalue weighted by molar-refractivity contribution is 7.98. The van der Waals surface area contributed by atoms with Gasteiger partial charge in [0.05, 0.1) is 41.1 Å². The maximum atomic E-state index is 13.9. The molecule has 1 aliphatic heterocycles. The number of allylic oxidation sites excluding steroid dienone is 1. The summed E-state index contributed by atoms with van der Waals surface area (Å²) in [4.78, 5) is 36.1. The van der Waals surface area contributed by atoms with Gasteiger partial charge in [-0.1, -0.05) is 47.7 Å². The van der Waals surface area contributed by atoms with Gasteiger partial charge in [0.2, 0.25) is 0 Å². The Morgan fingerprint density at radius 1 is 1.20 bits per heavy atom. The second-order valence-corrected chi connectivity index (χ2v) is 12.0. The smallest absolute Gasteiger partial charge is 0.338 e. The van der Waals surface area contributed by atoms with E-state index in [1.807, 2.05) is 36.4 Å². The molecule has 2 aromatic carbocycles. The number of rotatable bonds is 9. The summed E-state index contributed by atoms with van der Waals surface area (Å²) in [5.41, 5.74) is 2.93. The average molecular weight is 647 g/mol. The quantitative estimate of drug-likeness (QED) is 0.172. The van der Waals surface area contributed by atoms with Crippen LogP contribution in [0.3, 0.4) is 0 Å². The number of thiazole rings is 1. The summed E-state index contributed by atoms with van der Waals surface area (Å²) >= 11 is 2.37. The molecule has 5 rings (SSSR count). The lowest BCUT2D eigenvalue weighted by Gasteiger charge is -2.24. The molecular weight excluding hydrogens is 619 g/mol. The van der Waals surface area contributed by atoms with Crippen LogP contribution in [0.1, 0.15) is 59.8 Å². The number of nitriles is 1. The number of methoxy groups -OCH3 is 1. The van der Waals surface area contributed by atoms with Crippen LogP contribution in [-0.4, -0.2) is 29.2 Å². The molecule has 0 fully saturated rings. The van der Waals surface area contributed by atoms with E-state index < -0.39 is 18.4 Å². The third kappa shape index (κ3) is 6.45. The van der Waals surface area contributed by atoms with E-state index in [1.54, 1.807) is 39.0 Å². The molecule has 2 aromatic heterocycles. The summed E-state index contributed by atoms with van der Waals surface area (Å²) in [7, 11) is 1.52. The van der Waals surface area contributed by atoms with Gasteiger partial charge in [0.25, 0.3) is 12.0 Å². The number of thioether (sulfide) groups is 1. The number of fused-ring (bicyclic) bond motifs is 1. The molecule has 0 saturated carbocycles. The van der Waals surface area contributed by atoms with E-state index >= 15 is 0 Å². The number of nitrogens with zero attached hydrogens (tertiary/aromatic N) is 4. The molecular formula is C33H28F2N4O4S2. The first kappa shape index (κ1) is 31.8. The van der Waals surface area contributed by atoms with Crippen LogP contribution in [0.5, 0.6) is 5.75 Å². The molecule has 0 aliphatic carbocycles. The summed E-state index contributed by atoms with van der Waals surface area (Å²) in [5.74, 6) is 0.304. The summed E-state index contributed by atoms with van der Waals surface area (Å²) < 4.78 is 39.7. The molecule has 1 atom stereocenters. The van der Waals surface area contributed by atoms with Gasteiger partial charge in [-0.15, -0.1) is 11.8 Å². The van der Waals surface area contributed by atoms with E-state index in [0.717, 1.165) is 22.9 Å². The number of aromatic nitrogens is 2. The van der Waals surface area contributed by atoms with Crippen molar-refractivity contribution in [2.45, 2.75) is 44.0 Å². The third-order valence-corrected chi connectivity index (χ3v) is 9.14. The molecule has 230 valence electrons. The van der Waals surface area contributed by atoms with Crippen molar-refractivity contribution in [3.8, 4) is 11.8 Å². The van der Waals surface area contributed by atoms with E-state index in [1.165, 1.54) is 29.1 Å². The topological polar surface area (TPSA) is 107 Å². The first-order valence-electron chi connectivity index (χ1n) is 13.9. The average Bonchev–Trinajstić information content (AvgIpc) is 3.33. The molecule has 0 bridgehead atoms. The number of aryl methyl sites for hydroxylation is 1. The predicted molar refractivity (Wildman–Crippen MR) is 168 cm³/mol. The fourth-order valence-electron chi connectivity index (χ4n) is 5.06. The van der Waals surface area contributed by atoms with Gasteiger partial charge in [-0.2, -0.15) is 5.26 Å². The number of benzene rings is 2. The summed E-state index contributed by atoms with van der Waals surface area (Å²) in [5, 5.41) is 9.83. The standard InChI is InChI=1S/C33H28F2N4O4S2/c1-5-43-32(41)27-19(3)37-33-39(28(27)21-9-7-6-8-10-21)31(40)26(45-33)15-20-11-12-25(42-4)22(14-20)17-44-30-23(16-36)18(2)13-24(38-30)29(34)35/h6-15,28-29H,5,17H2,1-4H3/b26-15-/t28-/m0/s1. The zero-order valence-electron chi connectivity index (χ0n) is 24.8. The highest BCUT2D eigenvalue weighted by Crippen LogP contribution is 2.33. The number of pyridine rings is 1. The van der Waals surface area contributed by atoms with Gasteiger partial charge in [-0.25, -0.2) is 23.6 Å². The minimum Gasteiger partial charge on any atom is -0.496 e. The maximum absolute atomic E-state index is 13.9. The molecule has 45 heavy (non-hydrogen) atoms. The number of alkyl halides is 2. The number of carbonyl (C=O) groups is 1. The van der Waals surface area contributed by atoms with E-state index in [9.17, 15) is 23.6 Å². The zero-order valence-corrected chi connectivity index (χ0v) is 26.5. The number of carbonyl (C=O) groups excluding carboxylic acids is 1. The zero-order chi connectivity index (χ0) is 32.2. The van der Waals surface area contributed by atoms with Crippen LogP contribution in [-0.2, 0) is 15.3 Å². The molecule has 0 unspecified atom stereocenters. The van der Waals surface area contributed by atoms with Crippen LogP contribution in [0.15, 0.2) is 80.7 Å². The van der Waals surface area contributed by atoms with E-state index in [2.05, 4.69) is 16.0 Å². The molecule has 8 nitrogen and oxygen atoms in total. The van der Waals surface area contributed by atoms with Gasteiger partial charge in [0, 0.05) is 11.3 Å². The van der Waals surface area contributed by atoms with E-state index in [4.69, 9.17) is 9.47 Å². The lowest BCUT2D eigenvalue weighted by atomic mass is 9.96. The molecule has 3 heterocycles. The number of hydrogen-bond acceptors (Lipinski definition) is 9. The lowest BCUT2D eigenvalue weighted by Crippen LogP contribution is -2.39. The van der Waals surface area contributed by atoms with Gasteiger partial charge >= 0.3 is 5.97 Å². The van der Waals surface area contributed by atoms with Crippen LogP contribution in [0.2, 0.25) is 0 Å². The van der Waals surface area contributed by atoms with Crippen LogP contribution in [0.4, 0.5) is 8.78 Å². The highest BCUT2D eigenvalue weighted by Gasteiger charge is 2.33. The fraction of sp³-hybridized carbons (Fsp3) is 0.242. The van der Waals surface area contributed by atoms with Gasteiger partial charge in [-0.05, 0) is 61.7 Å². The van der Waals surface area contributed by atoms with Crippen molar-refractivity contribution in [1.82, 2.24) is 9.55 Å². The molecule has 0 spiro atoms. The van der Waals surface area contributed by atoms with Crippen molar-refractivity contribution in [2.75, 3.05) is 13.7 Å². The van der Waals surface area contributed by atoms with E-state index in [-0.39, 0.29) is 34.2 Å². The van der Waals surface area contributed by atoms with E-state index in [0.29, 0.717) is 37.5 Å². The Balaban J connectivity index is 1.56. The van der Waals surface area contributed by atoms with Crippen LogP contribution in [0, 0.1) is 18.3 Å². The Bertz CT molecular complexity index is 2030. The minimum atomic E-state index is -2.76. The minimum absolute atomic E-state index is 0.185. The van der Waals surface area contributed by atoms with Crippen molar-refractivity contribution in [3.63, 3.8) is 0 Å². The van der Waals surface area contributed by atoms with Crippen LogP contribution < -0.4 is 19.6 Å². The van der Waals surface area contributed by atoms with Crippen molar-refractivity contribution >= 4 is 35.1 Å². The van der Waals surface area contributed by atoms with Gasteiger partial charge in [-0.3, -0.25) is 9.36 Å². The van der Waals surface area contributed by atoms with Crippen LogP contribution in [0.25, 0.3) is 6.08 Å². The van der Waals surface area contributed by atoms with Gasteiger partial charge < -0.3 is 9.47 Å². The molecule has 0 radical (unpaired) electrons. The van der Waals surface area contributed by atoms with Gasteiger partial charge in [0.15, 0.2) is 4.80 Å². The molecule has 4 aromatic rings. The molecule has 0 N–H and O–H groups in total. The van der Waals surface area contributed by atoms with Crippen LogP contribution >= 0.6 is 23.1 Å². The SMILES string of the molecule is CCOC(=O)C1=C(C)N=c2s/c(=C\c3ccc(OC)c(CSc4nc(C(F)F)cc(C)c4C#N)c3)c(=O)n2[C@H]1c1ccccc1. The second kappa shape index (κ2) is 13.6. The Morgan fingerprint density at radius 3 is 2.62 bits per heavy atom. The molecule has 1 aliphatic rings. The Kier molecular flexibility index (Phi) is 9.60. The molecule has 12 heteroatoms. The number of ether oxygens (including phenoxy) is 2. The van der Waals surface area contributed by atoms with Gasteiger partial charge in [0.1, 0.15) is 22.5 Å². The summed E-state index contributed by atoms with van der Waals surface area (Å²) in [6.07, 6.45) is -1.02. The molecule has 0 saturated heterocycles. The molecule has 0 amide bonds. The second-order valence-electron chi connectivity index (χ2n) is 10.0. The largest absolute Gasteiger partial charge is 0.496 e. The monoisotopic (exact) mass is 646 g/mol. The van der Waals surface area contributed by atoms with Crippen molar-refractivity contribution in [1.29, 1.82) is 5.26 Å². The third-order valence-electron chi connectivity index (χ3n) is 7.14. The Hall–Kier alpha value is -4.60. The fourth-order valence-corrected chi connectivity index (χ4v) is 7.15. The first-order chi connectivity index (χ1) is 21.7. The lowest BCUT2D eigenvalue weighted by molar-refractivity contribution is -0.139. The Labute approximate surface area is 266 Å². The summed E-state index contributed by atoms with van der Waals surface area (Å²) in [6.45, 7) is 5.25. The number of esters is 1. The Morgan fingerprint density at radius 2 is 1.96 bits per heavy atom. The highest BCUT2D eigenvalue weighted by atomic mass is 32.2. The van der Waals surface area contributed by atoms with Crippen molar-refractivity contribution in [2.24, 2.45) is 4.99 Å².